The Kier molecular flexibility index (Phi) is 10.4. The molecule has 0 saturated carbocycles. The van der Waals surface area contributed by atoms with Crippen molar-refractivity contribution in [3.05, 3.63) is 0 Å². The van der Waals surface area contributed by atoms with E-state index in [9.17, 15) is 0 Å². The first-order valence-corrected chi connectivity index (χ1v) is 6.40. The Morgan fingerprint density at radius 2 is 1.87 bits per heavy atom. The first-order valence-electron chi connectivity index (χ1n) is 6.40. The molecule has 0 spiro atoms. The normalized spacial score (nSPS) is 13.4. The van der Waals surface area contributed by atoms with E-state index in [-0.39, 0.29) is 0 Å². The third kappa shape index (κ3) is 10.2. The molecule has 0 aliphatic heterocycles. The van der Waals surface area contributed by atoms with E-state index in [2.05, 4.69) is 26.1 Å². The number of unbranched alkanes of at least 4 members (excludes halogenated alkanes) is 1. The summed E-state index contributed by atoms with van der Waals surface area (Å²) < 4.78 is 5.05. The fourth-order valence-corrected chi connectivity index (χ4v) is 1.71. The van der Waals surface area contributed by atoms with Crippen molar-refractivity contribution < 1.29 is 4.74 Å². The molecule has 0 heterocycles. The van der Waals surface area contributed by atoms with Crippen molar-refractivity contribution in [3.63, 3.8) is 0 Å². The summed E-state index contributed by atoms with van der Waals surface area (Å²) in [7, 11) is 1.78. The monoisotopic (exact) mass is 215 g/mol. The van der Waals surface area contributed by atoms with E-state index in [0.29, 0.717) is 0 Å². The van der Waals surface area contributed by atoms with Crippen molar-refractivity contribution in [2.24, 2.45) is 11.8 Å². The second-order valence-corrected chi connectivity index (χ2v) is 4.81. The van der Waals surface area contributed by atoms with Gasteiger partial charge in [-0.2, -0.15) is 0 Å². The molecule has 2 heteroatoms. The van der Waals surface area contributed by atoms with Gasteiger partial charge in [-0.05, 0) is 37.8 Å². The lowest BCUT2D eigenvalue weighted by Crippen LogP contribution is -2.26. The van der Waals surface area contributed by atoms with Crippen molar-refractivity contribution in [2.45, 2.75) is 46.5 Å². The van der Waals surface area contributed by atoms with E-state index in [0.717, 1.165) is 25.0 Å². The SMILES string of the molecule is CCC(CCCCOC)CNCC(C)C. The molecule has 0 amide bonds. The maximum Gasteiger partial charge on any atom is 0.0462 e. The summed E-state index contributed by atoms with van der Waals surface area (Å²) in [4.78, 5) is 0. The second kappa shape index (κ2) is 10.4. The van der Waals surface area contributed by atoms with Crippen molar-refractivity contribution in [1.29, 1.82) is 0 Å². The molecule has 0 aliphatic rings. The van der Waals surface area contributed by atoms with Gasteiger partial charge in [0.1, 0.15) is 0 Å². The van der Waals surface area contributed by atoms with Gasteiger partial charge in [0.2, 0.25) is 0 Å². The van der Waals surface area contributed by atoms with Gasteiger partial charge in [-0.25, -0.2) is 0 Å². The minimum atomic E-state index is 0.760. The molecule has 1 N–H and O–H groups in total. The molecule has 1 unspecified atom stereocenters. The zero-order valence-corrected chi connectivity index (χ0v) is 11.0. The van der Waals surface area contributed by atoms with Gasteiger partial charge < -0.3 is 10.1 Å². The zero-order chi connectivity index (χ0) is 11.5. The van der Waals surface area contributed by atoms with Crippen molar-refractivity contribution in [2.75, 3.05) is 26.8 Å². The summed E-state index contributed by atoms with van der Waals surface area (Å²) in [5, 5.41) is 3.55. The lowest BCUT2D eigenvalue weighted by atomic mass is 9.99. The number of methoxy groups -OCH3 is 1. The van der Waals surface area contributed by atoms with Gasteiger partial charge in [0.05, 0.1) is 0 Å². The Morgan fingerprint density at radius 3 is 2.40 bits per heavy atom. The molecule has 2 nitrogen and oxygen atoms in total. The van der Waals surface area contributed by atoms with Crippen LogP contribution in [0.4, 0.5) is 0 Å². The van der Waals surface area contributed by atoms with Crippen LogP contribution in [-0.4, -0.2) is 26.8 Å². The van der Waals surface area contributed by atoms with E-state index in [1.807, 2.05) is 0 Å². The average Bonchev–Trinajstić information content (AvgIpc) is 2.21. The summed E-state index contributed by atoms with van der Waals surface area (Å²) in [5.41, 5.74) is 0. The standard InChI is InChI=1S/C13H29NO/c1-5-13(8-6-7-9-15-4)11-14-10-12(2)3/h12-14H,5-11H2,1-4H3. The highest BCUT2D eigenvalue weighted by molar-refractivity contribution is 4.62. The molecule has 0 aromatic carbocycles. The van der Waals surface area contributed by atoms with Gasteiger partial charge in [0, 0.05) is 13.7 Å². The summed E-state index contributed by atoms with van der Waals surface area (Å²) in [6, 6.07) is 0. The molecule has 0 aliphatic carbocycles. The van der Waals surface area contributed by atoms with Crippen LogP contribution in [0.3, 0.4) is 0 Å². The van der Waals surface area contributed by atoms with E-state index in [1.165, 1.54) is 32.2 Å². The van der Waals surface area contributed by atoms with Crippen LogP contribution in [0.5, 0.6) is 0 Å². The smallest absolute Gasteiger partial charge is 0.0462 e. The molecule has 15 heavy (non-hydrogen) atoms. The van der Waals surface area contributed by atoms with E-state index >= 15 is 0 Å². The Morgan fingerprint density at radius 1 is 1.13 bits per heavy atom. The first-order chi connectivity index (χ1) is 7.20. The summed E-state index contributed by atoms with van der Waals surface area (Å²) in [5.74, 6) is 1.61. The van der Waals surface area contributed by atoms with E-state index < -0.39 is 0 Å². The van der Waals surface area contributed by atoms with E-state index in [4.69, 9.17) is 4.74 Å². The Balaban J connectivity index is 3.38. The second-order valence-electron chi connectivity index (χ2n) is 4.81. The fourth-order valence-electron chi connectivity index (χ4n) is 1.71. The lowest BCUT2D eigenvalue weighted by molar-refractivity contribution is 0.189. The summed E-state index contributed by atoms with van der Waals surface area (Å²) in [6.07, 6.45) is 5.13. The molecule has 0 rings (SSSR count). The fraction of sp³-hybridized carbons (Fsp3) is 1.00. The minimum Gasteiger partial charge on any atom is -0.385 e. The quantitative estimate of drug-likeness (QED) is 0.565. The van der Waals surface area contributed by atoms with Crippen molar-refractivity contribution in [1.82, 2.24) is 5.32 Å². The maximum atomic E-state index is 5.05. The lowest BCUT2D eigenvalue weighted by Gasteiger charge is -2.16. The third-order valence-corrected chi connectivity index (χ3v) is 2.77. The number of ether oxygens (including phenoxy) is 1. The van der Waals surface area contributed by atoms with Gasteiger partial charge >= 0.3 is 0 Å². The predicted molar refractivity (Wildman–Crippen MR) is 67.2 cm³/mol. The van der Waals surface area contributed by atoms with Crippen LogP contribution < -0.4 is 5.32 Å². The Bertz CT molecular complexity index is 126. The maximum absolute atomic E-state index is 5.05. The highest BCUT2D eigenvalue weighted by atomic mass is 16.5. The van der Waals surface area contributed by atoms with Gasteiger partial charge in [-0.3, -0.25) is 0 Å². The van der Waals surface area contributed by atoms with Crippen LogP contribution in [0.1, 0.15) is 46.5 Å². The van der Waals surface area contributed by atoms with Gasteiger partial charge in [-0.1, -0.05) is 33.6 Å². The van der Waals surface area contributed by atoms with Gasteiger partial charge in [0.15, 0.2) is 0 Å². The number of rotatable bonds is 10. The van der Waals surface area contributed by atoms with Crippen LogP contribution in [0.25, 0.3) is 0 Å². The molecule has 0 fully saturated rings. The third-order valence-electron chi connectivity index (χ3n) is 2.77. The Labute approximate surface area is 95.8 Å². The number of nitrogens with one attached hydrogen (secondary N) is 1. The molecule has 0 radical (unpaired) electrons. The molecule has 1 atom stereocenters. The van der Waals surface area contributed by atoms with Crippen LogP contribution >= 0.6 is 0 Å². The molecular formula is C13H29NO. The summed E-state index contributed by atoms with van der Waals surface area (Å²) in [6.45, 7) is 10.0. The molecule has 0 saturated heterocycles. The average molecular weight is 215 g/mol. The molecule has 0 aromatic rings. The van der Waals surface area contributed by atoms with Crippen LogP contribution in [0, 0.1) is 11.8 Å². The van der Waals surface area contributed by atoms with Crippen LogP contribution in [0.2, 0.25) is 0 Å². The number of hydrogen-bond donors (Lipinski definition) is 1. The van der Waals surface area contributed by atoms with E-state index in [1.54, 1.807) is 7.11 Å². The molecule has 92 valence electrons. The highest BCUT2D eigenvalue weighted by Gasteiger charge is 2.05. The highest BCUT2D eigenvalue weighted by Crippen LogP contribution is 2.11. The molecule has 0 bridgehead atoms. The summed E-state index contributed by atoms with van der Waals surface area (Å²) >= 11 is 0. The predicted octanol–water partition coefficient (Wildman–Crippen LogP) is 3.07. The number of hydrogen-bond acceptors (Lipinski definition) is 2. The molecular weight excluding hydrogens is 186 g/mol. The van der Waals surface area contributed by atoms with Crippen molar-refractivity contribution in [3.8, 4) is 0 Å². The van der Waals surface area contributed by atoms with Crippen LogP contribution in [0.15, 0.2) is 0 Å². The Hall–Kier alpha value is -0.0800. The largest absolute Gasteiger partial charge is 0.385 e. The topological polar surface area (TPSA) is 21.3 Å². The first kappa shape index (κ1) is 14.9. The van der Waals surface area contributed by atoms with Crippen molar-refractivity contribution >= 4 is 0 Å². The minimum absolute atomic E-state index is 0.760. The zero-order valence-electron chi connectivity index (χ0n) is 11.0. The molecule has 0 aromatic heterocycles. The van der Waals surface area contributed by atoms with Gasteiger partial charge in [-0.15, -0.1) is 0 Å². The van der Waals surface area contributed by atoms with Gasteiger partial charge in [0.25, 0.3) is 0 Å². The van der Waals surface area contributed by atoms with Crippen LogP contribution in [-0.2, 0) is 4.74 Å².